The van der Waals surface area contributed by atoms with Crippen molar-refractivity contribution in [3.63, 3.8) is 0 Å². The lowest BCUT2D eigenvalue weighted by Gasteiger charge is -2.21. The number of halogens is 1. The molecule has 1 aromatic carbocycles. The summed E-state index contributed by atoms with van der Waals surface area (Å²) in [7, 11) is 1.65. The van der Waals surface area contributed by atoms with Crippen LogP contribution in [0.3, 0.4) is 0 Å². The number of nitrogens with one attached hydrogen (secondary N) is 1. The van der Waals surface area contributed by atoms with Gasteiger partial charge in [-0.3, -0.25) is 0 Å². The van der Waals surface area contributed by atoms with E-state index in [9.17, 15) is 0 Å². The van der Waals surface area contributed by atoms with Gasteiger partial charge in [0.1, 0.15) is 5.75 Å². The van der Waals surface area contributed by atoms with Crippen LogP contribution in [0.25, 0.3) is 0 Å². The van der Waals surface area contributed by atoms with Gasteiger partial charge in [0.05, 0.1) is 12.8 Å². The van der Waals surface area contributed by atoms with Crippen LogP contribution in [0, 0.1) is 20.8 Å². The molecule has 1 N–H and O–H groups in total. The Kier molecular flexibility index (Phi) is 6.71. The fraction of sp³-hybridized carbons (Fsp3) is 0.450. The summed E-state index contributed by atoms with van der Waals surface area (Å²) in [6, 6.07) is 6.47. The standard InChI is InChI=1S/C20H27BrN2O2/c1-7-16(8-2)23-17-11-14(5)22-20(19(17)24-6)25-18-12(3)9-15(21)10-13(18)4/h9-11,16H,7-8H2,1-6H3,(H,22,23). The monoisotopic (exact) mass is 406 g/mol. The Morgan fingerprint density at radius 2 is 1.64 bits per heavy atom. The van der Waals surface area contributed by atoms with Crippen LogP contribution in [0.5, 0.6) is 17.4 Å². The van der Waals surface area contributed by atoms with Gasteiger partial charge in [-0.15, -0.1) is 0 Å². The molecule has 0 spiro atoms. The molecule has 4 nitrogen and oxygen atoms in total. The van der Waals surface area contributed by atoms with Crippen molar-refractivity contribution in [2.75, 3.05) is 12.4 Å². The molecule has 0 saturated carbocycles. The molecule has 25 heavy (non-hydrogen) atoms. The summed E-state index contributed by atoms with van der Waals surface area (Å²) in [6.07, 6.45) is 2.09. The van der Waals surface area contributed by atoms with Gasteiger partial charge in [0.15, 0.2) is 0 Å². The van der Waals surface area contributed by atoms with Gasteiger partial charge < -0.3 is 14.8 Å². The van der Waals surface area contributed by atoms with Crippen LogP contribution in [-0.2, 0) is 0 Å². The molecular weight excluding hydrogens is 380 g/mol. The molecule has 0 aliphatic rings. The maximum atomic E-state index is 6.19. The molecule has 0 aliphatic carbocycles. The number of rotatable bonds is 7. The first-order chi connectivity index (χ1) is 11.9. The lowest BCUT2D eigenvalue weighted by molar-refractivity contribution is 0.368. The first kappa shape index (κ1) is 19.6. The van der Waals surface area contributed by atoms with Gasteiger partial charge in [-0.25, -0.2) is 4.98 Å². The van der Waals surface area contributed by atoms with Crippen LogP contribution in [-0.4, -0.2) is 18.1 Å². The summed E-state index contributed by atoms with van der Waals surface area (Å²) in [6.45, 7) is 10.4. The van der Waals surface area contributed by atoms with Gasteiger partial charge in [-0.2, -0.15) is 0 Å². The van der Waals surface area contributed by atoms with Gasteiger partial charge in [-0.05, 0) is 62.9 Å². The summed E-state index contributed by atoms with van der Waals surface area (Å²) >= 11 is 3.52. The second-order valence-corrected chi connectivity index (χ2v) is 7.19. The van der Waals surface area contributed by atoms with E-state index in [1.165, 1.54) is 0 Å². The van der Waals surface area contributed by atoms with Crippen molar-refractivity contribution in [3.8, 4) is 17.4 Å². The average molecular weight is 407 g/mol. The highest BCUT2D eigenvalue weighted by molar-refractivity contribution is 9.10. The maximum Gasteiger partial charge on any atom is 0.265 e. The number of hydrogen-bond donors (Lipinski definition) is 1. The fourth-order valence-electron chi connectivity index (χ4n) is 2.87. The molecule has 1 aromatic heterocycles. The maximum absolute atomic E-state index is 6.19. The Hall–Kier alpha value is -1.75. The van der Waals surface area contributed by atoms with Crippen LogP contribution in [0.2, 0.25) is 0 Å². The normalized spacial score (nSPS) is 10.9. The Morgan fingerprint density at radius 1 is 1.04 bits per heavy atom. The lowest BCUT2D eigenvalue weighted by atomic mass is 10.1. The van der Waals surface area contributed by atoms with Crippen molar-refractivity contribution < 1.29 is 9.47 Å². The molecule has 0 aliphatic heterocycles. The topological polar surface area (TPSA) is 43.4 Å². The van der Waals surface area contributed by atoms with Crippen LogP contribution >= 0.6 is 15.9 Å². The Labute approximate surface area is 159 Å². The molecule has 0 bridgehead atoms. The molecule has 0 atom stereocenters. The smallest absolute Gasteiger partial charge is 0.265 e. The number of aromatic nitrogens is 1. The predicted molar refractivity (Wildman–Crippen MR) is 107 cm³/mol. The number of hydrogen-bond acceptors (Lipinski definition) is 4. The van der Waals surface area contributed by atoms with Crippen LogP contribution < -0.4 is 14.8 Å². The number of methoxy groups -OCH3 is 1. The SMILES string of the molecule is CCC(CC)Nc1cc(C)nc(Oc2c(C)cc(Br)cc2C)c1OC. The number of benzene rings is 1. The molecule has 0 unspecified atom stereocenters. The minimum atomic E-state index is 0.389. The zero-order chi connectivity index (χ0) is 18.6. The van der Waals surface area contributed by atoms with E-state index in [-0.39, 0.29) is 0 Å². The van der Waals surface area contributed by atoms with E-state index in [4.69, 9.17) is 9.47 Å². The van der Waals surface area contributed by atoms with Gasteiger partial charge in [0.25, 0.3) is 5.88 Å². The minimum absolute atomic E-state index is 0.389. The first-order valence-corrected chi connectivity index (χ1v) is 9.45. The largest absolute Gasteiger partial charge is 0.490 e. The van der Waals surface area contributed by atoms with Gasteiger partial charge in [-0.1, -0.05) is 29.8 Å². The molecule has 136 valence electrons. The van der Waals surface area contributed by atoms with Crippen molar-refractivity contribution in [3.05, 3.63) is 39.5 Å². The van der Waals surface area contributed by atoms with Crippen LogP contribution in [0.15, 0.2) is 22.7 Å². The van der Waals surface area contributed by atoms with Crippen molar-refractivity contribution in [1.29, 1.82) is 0 Å². The Balaban J connectivity index is 2.46. The van der Waals surface area contributed by atoms with Crippen molar-refractivity contribution in [2.24, 2.45) is 0 Å². The molecule has 2 aromatic rings. The second-order valence-electron chi connectivity index (χ2n) is 6.28. The van der Waals surface area contributed by atoms with E-state index in [0.29, 0.717) is 17.7 Å². The summed E-state index contributed by atoms with van der Waals surface area (Å²) in [4.78, 5) is 4.56. The predicted octanol–water partition coefficient (Wildman–Crippen LogP) is 6.17. The highest BCUT2D eigenvalue weighted by Gasteiger charge is 2.18. The Morgan fingerprint density at radius 3 is 2.16 bits per heavy atom. The fourth-order valence-corrected chi connectivity index (χ4v) is 3.56. The molecule has 1 heterocycles. The van der Waals surface area contributed by atoms with Gasteiger partial charge in [0, 0.05) is 16.2 Å². The van der Waals surface area contributed by atoms with Crippen LogP contribution in [0.1, 0.15) is 43.5 Å². The number of aryl methyl sites for hydroxylation is 3. The quantitative estimate of drug-likeness (QED) is 0.596. The van der Waals surface area contributed by atoms with E-state index in [0.717, 1.165) is 45.6 Å². The first-order valence-electron chi connectivity index (χ1n) is 8.66. The zero-order valence-electron chi connectivity index (χ0n) is 15.9. The van der Waals surface area contributed by atoms with Crippen LogP contribution in [0.4, 0.5) is 5.69 Å². The third-order valence-electron chi connectivity index (χ3n) is 4.24. The number of anilines is 1. The van der Waals surface area contributed by atoms with Crippen molar-refractivity contribution in [2.45, 2.75) is 53.5 Å². The molecule has 0 fully saturated rings. The third-order valence-corrected chi connectivity index (χ3v) is 4.70. The summed E-state index contributed by atoms with van der Waals surface area (Å²) in [5, 5.41) is 3.55. The average Bonchev–Trinajstić information content (AvgIpc) is 2.55. The third kappa shape index (κ3) is 4.66. The lowest BCUT2D eigenvalue weighted by Crippen LogP contribution is -2.18. The van der Waals surface area contributed by atoms with E-state index in [1.54, 1.807) is 7.11 Å². The molecular formula is C20H27BrN2O2. The van der Waals surface area contributed by atoms with E-state index in [1.807, 2.05) is 39.0 Å². The molecule has 5 heteroatoms. The highest BCUT2D eigenvalue weighted by Crippen LogP contribution is 2.39. The number of pyridine rings is 1. The molecule has 2 rings (SSSR count). The van der Waals surface area contributed by atoms with E-state index < -0.39 is 0 Å². The minimum Gasteiger partial charge on any atom is -0.490 e. The molecule has 0 amide bonds. The molecule has 0 radical (unpaired) electrons. The van der Waals surface area contributed by atoms with Gasteiger partial charge >= 0.3 is 0 Å². The Bertz CT molecular complexity index is 720. The number of ether oxygens (including phenoxy) is 2. The summed E-state index contributed by atoms with van der Waals surface area (Å²) in [5.41, 5.74) is 3.90. The second kappa shape index (κ2) is 8.56. The van der Waals surface area contributed by atoms with Gasteiger partial charge in [0.2, 0.25) is 5.75 Å². The van der Waals surface area contributed by atoms with E-state index in [2.05, 4.69) is 40.1 Å². The summed E-state index contributed by atoms with van der Waals surface area (Å²) < 4.78 is 12.9. The zero-order valence-corrected chi connectivity index (χ0v) is 17.5. The highest BCUT2D eigenvalue weighted by atomic mass is 79.9. The van der Waals surface area contributed by atoms with E-state index >= 15 is 0 Å². The van der Waals surface area contributed by atoms with Crippen molar-refractivity contribution >= 4 is 21.6 Å². The number of nitrogens with zero attached hydrogens (tertiary/aromatic N) is 1. The summed E-state index contributed by atoms with van der Waals surface area (Å²) in [5.74, 6) is 1.94. The van der Waals surface area contributed by atoms with Crippen molar-refractivity contribution in [1.82, 2.24) is 4.98 Å². The molecule has 0 saturated heterocycles.